The van der Waals surface area contributed by atoms with E-state index in [0.29, 0.717) is 5.56 Å². The predicted octanol–water partition coefficient (Wildman–Crippen LogP) is 1.11. The lowest BCUT2D eigenvalue weighted by molar-refractivity contribution is 0.102. The number of hydrogen-bond acceptors (Lipinski definition) is 3. The van der Waals surface area contributed by atoms with E-state index in [1.807, 2.05) is 0 Å². The van der Waals surface area contributed by atoms with Gasteiger partial charge in [-0.3, -0.25) is 9.59 Å². The highest BCUT2D eigenvalue weighted by atomic mass is 19.1. The van der Waals surface area contributed by atoms with Gasteiger partial charge in [0.2, 0.25) is 5.56 Å². The Balaban J connectivity index is 2.20. The first-order valence-corrected chi connectivity index (χ1v) is 5.99. The summed E-state index contributed by atoms with van der Waals surface area (Å²) in [7, 11) is 0. The lowest BCUT2D eigenvalue weighted by Crippen LogP contribution is -2.16. The van der Waals surface area contributed by atoms with E-state index in [0.717, 1.165) is 12.1 Å². The van der Waals surface area contributed by atoms with Gasteiger partial charge in [0.05, 0.1) is 5.69 Å². The number of pyridine rings is 1. The van der Waals surface area contributed by atoms with Crippen molar-refractivity contribution in [2.45, 2.75) is 0 Å². The van der Waals surface area contributed by atoms with Crippen LogP contribution in [0.2, 0.25) is 0 Å². The van der Waals surface area contributed by atoms with Crippen LogP contribution in [0.15, 0.2) is 41.3 Å². The van der Waals surface area contributed by atoms with E-state index >= 15 is 0 Å². The summed E-state index contributed by atoms with van der Waals surface area (Å²) < 4.78 is 13.8. The Bertz CT molecular complexity index is 787. The van der Waals surface area contributed by atoms with Crippen LogP contribution in [-0.2, 0) is 0 Å². The molecule has 21 heavy (non-hydrogen) atoms. The quantitative estimate of drug-likeness (QED) is 0.723. The van der Waals surface area contributed by atoms with Crippen molar-refractivity contribution in [2.75, 3.05) is 11.9 Å². The van der Waals surface area contributed by atoms with Gasteiger partial charge in [-0.15, -0.1) is 0 Å². The zero-order valence-corrected chi connectivity index (χ0v) is 10.8. The van der Waals surface area contributed by atoms with Crippen LogP contribution < -0.4 is 10.9 Å². The van der Waals surface area contributed by atoms with E-state index in [1.165, 1.54) is 24.4 Å². The molecule has 1 amide bonds. The minimum absolute atomic E-state index is 0.0187. The van der Waals surface area contributed by atoms with E-state index in [2.05, 4.69) is 22.1 Å². The molecule has 2 rings (SSSR count). The van der Waals surface area contributed by atoms with Crippen molar-refractivity contribution in [3.63, 3.8) is 0 Å². The molecule has 0 saturated heterocycles. The number of hydrogen-bond donors (Lipinski definition) is 3. The van der Waals surface area contributed by atoms with Crippen molar-refractivity contribution >= 4 is 11.6 Å². The lowest BCUT2D eigenvalue weighted by atomic mass is 10.2. The molecule has 0 atom stereocenters. The Labute approximate surface area is 119 Å². The topological polar surface area (TPSA) is 82.2 Å². The molecular formula is C15H11FN2O3. The average molecular weight is 286 g/mol. The summed E-state index contributed by atoms with van der Waals surface area (Å²) >= 11 is 0. The smallest absolute Gasteiger partial charge is 0.255 e. The van der Waals surface area contributed by atoms with Crippen molar-refractivity contribution in [3.05, 3.63) is 63.8 Å². The fourth-order valence-corrected chi connectivity index (χ4v) is 1.62. The SMILES string of the molecule is O=C(Nc1ccc(C#CCO)cc1F)c1cc[nH]c(=O)c1. The van der Waals surface area contributed by atoms with Gasteiger partial charge in [0.1, 0.15) is 12.4 Å². The maximum absolute atomic E-state index is 13.8. The standard InChI is InChI=1S/C15H11FN2O3/c16-12-8-10(2-1-7-19)3-4-13(12)18-15(21)11-5-6-17-14(20)9-11/h3-6,8-9,19H,7H2,(H,17,20)(H,18,21). The number of nitrogens with one attached hydrogen (secondary N) is 2. The van der Waals surface area contributed by atoms with Gasteiger partial charge in [-0.1, -0.05) is 11.8 Å². The number of H-pyrrole nitrogens is 1. The molecule has 0 unspecified atom stereocenters. The van der Waals surface area contributed by atoms with Gasteiger partial charge >= 0.3 is 0 Å². The number of aliphatic hydroxyl groups excluding tert-OH is 1. The van der Waals surface area contributed by atoms with Gasteiger partial charge in [-0.2, -0.15) is 0 Å². The number of rotatable bonds is 2. The molecule has 106 valence electrons. The third kappa shape index (κ3) is 3.78. The molecule has 0 aliphatic heterocycles. The molecular weight excluding hydrogens is 275 g/mol. The number of carbonyl (C=O) groups is 1. The van der Waals surface area contributed by atoms with Crippen molar-refractivity contribution in [3.8, 4) is 11.8 Å². The number of anilines is 1. The highest BCUT2D eigenvalue weighted by Crippen LogP contribution is 2.16. The van der Waals surface area contributed by atoms with Gasteiger partial charge in [0.25, 0.3) is 5.91 Å². The van der Waals surface area contributed by atoms with Crippen LogP contribution in [-0.4, -0.2) is 22.6 Å². The second-order valence-electron chi connectivity index (χ2n) is 4.05. The van der Waals surface area contributed by atoms with Crippen LogP contribution in [0, 0.1) is 17.7 Å². The Hall–Kier alpha value is -2.91. The first kappa shape index (κ1) is 14.5. The fourth-order valence-electron chi connectivity index (χ4n) is 1.62. The summed E-state index contributed by atoms with van der Waals surface area (Å²) in [5.41, 5.74) is 0.0746. The maximum Gasteiger partial charge on any atom is 0.255 e. The van der Waals surface area contributed by atoms with E-state index in [-0.39, 0.29) is 17.9 Å². The highest BCUT2D eigenvalue weighted by Gasteiger charge is 2.10. The van der Waals surface area contributed by atoms with Gasteiger partial charge in [0, 0.05) is 23.4 Å². The number of aliphatic hydroxyl groups is 1. The molecule has 5 nitrogen and oxygen atoms in total. The zero-order valence-electron chi connectivity index (χ0n) is 10.8. The van der Waals surface area contributed by atoms with Crippen LogP contribution >= 0.6 is 0 Å². The lowest BCUT2D eigenvalue weighted by Gasteiger charge is -2.06. The Kier molecular flexibility index (Phi) is 4.49. The highest BCUT2D eigenvalue weighted by molar-refractivity contribution is 6.04. The summed E-state index contributed by atoms with van der Waals surface area (Å²) in [6.45, 7) is -0.317. The molecule has 0 aliphatic carbocycles. The number of halogens is 1. The molecule has 0 saturated carbocycles. The number of aromatic nitrogens is 1. The molecule has 0 spiro atoms. The number of benzene rings is 1. The number of amides is 1. The van der Waals surface area contributed by atoms with Gasteiger partial charge in [-0.25, -0.2) is 4.39 Å². The third-order valence-corrected chi connectivity index (χ3v) is 2.57. The minimum atomic E-state index is -0.655. The van der Waals surface area contributed by atoms with Crippen LogP contribution in [0.4, 0.5) is 10.1 Å². The monoisotopic (exact) mass is 286 g/mol. The molecule has 0 aliphatic rings. The third-order valence-electron chi connectivity index (χ3n) is 2.57. The molecule has 1 aromatic heterocycles. The molecule has 0 radical (unpaired) electrons. The second kappa shape index (κ2) is 6.50. The zero-order chi connectivity index (χ0) is 15.2. The molecule has 0 fully saturated rings. The van der Waals surface area contributed by atoms with Crippen LogP contribution in [0.25, 0.3) is 0 Å². The van der Waals surface area contributed by atoms with Crippen molar-refractivity contribution in [2.24, 2.45) is 0 Å². The minimum Gasteiger partial charge on any atom is -0.384 e. The van der Waals surface area contributed by atoms with Crippen molar-refractivity contribution < 1.29 is 14.3 Å². The van der Waals surface area contributed by atoms with Gasteiger partial charge in [0.15, 0.2) is 0 Å². The molecule has 0 bridgehead atoms. The Morgan fingerprint density at radius 1 is 1.33 bits per heavy atom. The van der Waals surface area contributed by atoms with E-state index < -0.39 is 17.3 Å². The summed E-state index contributed by atoms with van der Waals surface area (Å²) in [6, 6.07) is 6.56. The fraction of sp³-hybridized carbons (Fsp3) is 0.0667. The first-order chi connectivity index (χ1) is 10.1. The Morgan fingerprint density at radius 3 is 2.81 bits per heavy atom. The predicted molar refractivity (Wildman–Crippen MR) is 75.4 cm³/mol. The summed E-state index contributed by atoms with van der Waals surface area (Å²) in [5, 5.41) is 10.9. The normalized spacial score (nSPS) is 9.62. The van der Waals surface area contributed by atoms with Crippen LogP contribution in [0.5, 0.6) is 0 Å². The molecule has 3 N–H and O–H groups in total. The summed E-state index contributed by atoms with van der Waals surface area (Å²) in [6.07, 6.45) is 1.33. The van der Waals surface area contributed by atoms with Crippen molar-refractivity contribution in [1.29, 1.82) is 0 Å². The number of aromatic amines is 1. The van der Waals surface area contributed by atoms with Crippen LogP contribution in [0.1, 0.15) is 15.9 Å². The molecule has 6 heteroatoms. The van der Waals surface area contributed by atoms with E-state index in [4.69, 9.17) is 5.11 Å². The first-order valence-electron chi connectivity index (χ1n) is 5.99. The molecule has 1 heterocycles. The molecule has 2 aromatic rings. The van der Waals surface area contributed by atoms with Crippen molar-refractivity contribution in [1.82, 2.24) is 4.98 Å². The van der Waals surface area contributed by atoms with Crippen LogP contribution in [0.3, 0.4) is 0 Å². The van der Waals surface area contributed by atoms with E-state index in [1.54, 1.807) is 0 Å². The second-order valence-corrected chi connectivity index (χ2v) is 4.05. The Morgan fingerprint density at radius 2 is 2.14 bits per heavy atom. The van der Waals surface area contributed by atoms with Gasteiger partial charge < -0.3 is 15.4 Å². The summed E-state index contributed by atoms with van der Waals surface area (Å²) in [4.78, 5) is 25.4. The number of carbonyl (C=O) groups excluding carboxylic acids is 1. The van der Waals surface area contributed by atoms with E-state index in [9.17, 15) is 14.0 Å². The maximum atomic E-state index is 13.8. The summed E-state index contributed by atoms with van der Waals surface area (Å²) in [5.74, 6) is 3.71. The molecule has 1 aromatic carbocycles. The van der Waals surface area contributed by atoms with Gasteiger partial charge in [-0.05, 0) is 24.3 Å². The largest absolute Gasteiger partial charge is 0.384 e. The average Bonchev–Trinajstić information content (AvgIpc) is 2.47.